The van der Waals surface area contributed by atoms with Crippen LogP contribution < -0.4 is 4.90 Å². The SMILES string of the molecule is CC.CC.CN(C)c1ccc(N=Nc2ccccc2)cc1. The molecule has 2 rings (SSSR count). The second-order valence-electron chi connectivity index (χ2n) is 3.95. The standard InChI is InChI=1S/C14H15N3.2C2H6/c1-17(2)14-10-8-13(9-11-14)16-15-12-6-4-3-5-7-12;2*1-2/h3-11H,1-2H3;2*1-2H3. The van der Waals surface area contributed by atoms with Crippen LogP contribution in [0.1, 0.15) is 27.7 Å². The van der Waals surface area contributed by atoms with E-state index in [2.05, 4.69) is 15.1 Å². The van der Waals surface area contributed by atoms with Gasteiger partial charge < -0.3 is 4.90 Å². The molecule has 0 aliphatic carbocycles. The molecule has 0 saturated carbocycles. The number of rotatable bonds is 3. The zero-order valence-corrected chi connectivity index (χ0v) is 14.0. The summed E-state index contributed by atoms with van der Waals surface area (Å²) in [6.45, 7) is 8.00. The predicted octanol–water partition coefficient (Wildman–Crippen LogP) is 6.22. The molecule has 0 N–H and O–H groups in total. The minimum atomic E-state index is 0.861. The van der Waals surface area contributed by atoms with E-state index >= 15 is 0 Å². The molecule has 0 aromatic heterocycles. The maximum atomic E-state index is 4.18. The molecule has 3 heteroatoms. The Balaban J connectivity index is 0.000000921. The molecule has 0 saturated heterocycles. The van der Waals surface area contributed by atoms with Crippen LogP contribution >= 0.6 is 0 Å². The molecular formula is C18H27N3. The molecule has 0 bridgehead atoms. The third kappa shape index (κ3) is 7.25. The van der Waals surface area contributed by atoms with Crippen LogP contribution in [-0.4, -0.2) is 14.1 Å². The van der Waals surface area contributed by atoms with Crippen molar-refractivity contribution in [1.82, 2.24) is 0 Å². The van der Waals surface area contributed by atoms with Gasteiger partial charge >= 0.3 is 0 Å². The van der Waals surface area contributed by atoms with Gasteiger partial charge in [0.05, 0.1) is 11.4 Å². The molecule has 0 aliphatic heterocycles. The molecule has 0 unspecified atom stereocenters. The normalized spacial score (nSPS) is 9.24. The molecule has 0 heterocycles. The average Bonchev–Trinajstić information content (AvgIpc) is 2.58. The van der Waals surface area contributed by atoms with Crippen molar-refractivity contribution in [2.24, 2.45) is 10.2 Å². The van der Waals surface area contributed by atoms with Gasteiger partial charge in [-0.1, -0.05) is 45.9 Å². The zero-order chi connectivity index (χ0) is 16.1. The summed E-state index contributed by atoms with van der Waals surface area (Å²) in [6, 6.07) is 17.7. The molecule has 0 fully saturated rings. The fraction of sp³-hybridized carbons (Fsp3) is 0.333. The number of nitrogens with zero attached hydrogens (tertiary/aromatic N) is 3. The van der Waals surface area contributed by atoms with Crippen molar-refractivity contribution in [3.05, 3.63) is 54.6 Å². The highest BCUT2D eigenvalue weighted by atomic mass is 15.1. The van der Waals surface area contributed by atoms with Crippen LogP contribution in [0.25, 0.3) is 0 Å². The second kappa shape index (κ2) is 11.6. The number of hydrogen-bond acceptors (Lipinski definition) is 3. The molecule has 0 spiro atoms. The number of anilines is 1. The van der Waals surface area contributed by atoms with Gasteiger partial charge in [0.2, 0.25) is 0 Å². The first kappa shape index (κ1) is 18.8. The van der Waals surface area contributed by atoms with E-state index in [0.29, 0.717) is 0 Å². The number of benzene rings is 2. The van der Waals surface area contributed by atoms with Crippen LogP contribution in [0.4, 0.5) is 17.1 Å². The lowest BCUT2D eigenvalue weighted by Crippen LogP contribution is -2.07. The van der Waals surface area contributed by atoms with Crippen molar-refractivity contribution in [3.63, 3.8) is 0 Å². The lowest BCUT2D eigenvalue weighted by molar-refractivity contribution is 1.13. The van der Waals surface area contributed by atoms with E-state index in [-0.39, 0.29) is 0 Å². The summed E-state index contributed by atoms with van der Waals surface area (Å²) >= 11 is 0. The van der Waals surface area contributed by atoms with Crippen molar-refractivity contribution >= 4 is 17.1 Å². The van der Waals surface area contributed by atoms with Crippen molar-refractivity contribution < 1.29 is 0 Å². The summed E-state index contributed by atoms with van der Waals surface area (Å²) < 4.78 is 0. The van der Waals surface area contributed by atoms with Gasteiger partial charge in [0.15, 0.2) is 0 Å². The molecule has 0 atom stereocenters. The Morgan fingerprint density at radius 2 is 1.05 bits per heavy atom. The van der Waals surface area contributed by atoms with Crippen LogP contribution in [0.3, 0.4) is 0 Å². The Morgan fingerprint density at radius 3 is 1.48 bits per heavy atom. The summed E-state index contributed by atoms with van der Waals surface area (Å²) in [5, 5.41) is 8.35. The fourth-order valence-corrected chi connectivity index (χ4v) is 1.43. The smallest absolute Gasteiger partial charge is 0.0858 e. The third-order valence-electron chi connectivity index (χ3n) is 2.40. The predicted molar refractivity (Wildman–Crippen MR) is 94.1 cm³/mol. The summed E-state index contributed by atoms with van der Waals surface area (Å²) in [4.78, 5) is 2.05. The van der Waals surface area contributed by atoms with E-state index in [1.165, 1.54) is 0 Å². The minimum Gasteiger partial charge on any atom is -0.378 e. The molecule has 0 amide bonds. The largest absolute Gasteiger partial charge is 0.378 e. The maximum Gasteiger partial charge on any atom is 0.0858 e. The highest BCUT2D eigenvalue weighted by molar-refractivity contribution is 5.51. The lowest BCUT2D eigenvalue weighted by atomic mass is 10.3. The lowest BCUT2D eigenvalue weighted by Gasteiger charge is -2.11. The Kier molecular flexibility index (Phi) is 10.5. The Hall–Kier alpha value is -2.16. The van der Waals surface area contributed by atoms with Crippen LogP contribution in [0.2, 0.25) is 0 Å². The number of hydrogen-bond donors (Lipinski definition) is 0. The van der Waals surface area contributed by atoms with Gasteiger partial charge in [-0.2, -0.15) is 10.2 Å². The van der Waals surface area contributed by atoms with Crippen molar-refractivity contribution in [2.45, 2.75) is 27.7 Å². The van der Waals surface area contributed by atoms with Crippen LogP contribution in [0.5, 0.6) is 0 Å². The van der Waals surface area contributed by atoms with Gasteiger partial charge in [0, 0.05) is 19.8 Å². The van der Waals surface area contributed by atoms with Crippen molar-refractivity contribution in [2.75, 3.05) is 19.0 Å². The van der Waals surface area contributed by atoms with E-state index < -0.39 is 0 Å². The van der Waals surface area contributed by atoms with E-state index in [9.17, 15) is 0 Å². The van der Waals surface area contributed by atoms with E-state index in [1.807, 2.05) is 96.4 Å². The van der Waals surface area contributed by atoms with Crippen molar-refractivity contribution in [1.29, 1.82) is 0 Å². The summed E-state index contributed by atoms with van der Waals surface area (Å²) in [5.41, 5.74) is 2.88. The molecule has 2 aromatic rings. The molecule has 0 aliphatic rings. The van der Waals surface area contributed by atoms with Gasteiger partial charge in [-0.05, 0) is 36.4 Å². The van der Waals surface area contributed by atoms with E-state index in [0.717, 1.165) is 17.1 Å². The molecular weight excluding hydrogens is 258 g/mol. The van der Waals surface area contributed by atoms with Gasteiger partial charge in [-0.15, -0.1) is 0 Å². The van der Waals surface area contributed by atoms with Crippen molar-refractivity contribution in [3.8, 4) is 0 Å². The van der Waals surface area contributed by atoms with E-state index in [4.69, 9.17) is 0 Å². The monoisotopic (exact) mass is 285 g/mol. The highest BCUT2D eigenvalue weighted by Gasteiger charge is 1.94. The first-order valence-electron chi connectivity index (χ1n) is 7.50. The molecule has 21 heavy (non-hydrogen) atoms. The highest BCUT2D eigenvalue weighted by Crippen LogP contribution is 2.20. The van der Waals surface area contributed by atoms with Gasteiger partial charge in [-0.3, -0.25) is 0 Å². The average molecular weight is 285 g/mol. The topological polar surface area (TPSA) is 28.0 Å². The van der Waals surface area contributed by atoms with Crippen LogP contribution in [-0.2, 0) is 0 Å². The molecule has 114 valence electrons. The maximum absolute atomic E-state index is 4.18. The first-order valence-corrected chi connectivity index (χ1v) is 7.50. The summed E-state index contributed by atoms with van der Waals surface area (Å²) in [7, 11) is 4.03. The third-order valence-corrected chi connectivity index (χ3v) is 2.40. The van der Waals surface area contributed by atoms with Crippen LogP contribution in [0.15, 0.2) is 64.8 Å². The summed E-state index contributed by atoms with van der Waals surface area (Å²) in [6.07, 6.45) is 0. The molecule has 3 nitrogen and oxygen atoms in total. The summed E-state index contributed by atoms with van der Waals surface area (Å²) in [5.74, 6) is 0. The fourth-order valence-electron chi connectivity index (χ4n) is 1.43. The molecule has 2 aromatic carbocycles. The molecule has 0 radical (unpaired) electrons. The zero-order valence-electron chi connectivity index (χ0n) is 14.0. The Morgan fingerprint density at radius 1 is 0.619 bits per heavy atom. The minimum absolute atomic E-state index is 0.861. The van der Waals surface area contributed by atoms with Gasteiger partial charge in [0.25, 0.3) is 0 Å². The van der Waals surface area contributed by atoms with Crippen LogP contribution in [0, 0.1) is 0 Å². The number of azo groups is 1. The first-order chi connectivity index (χ1) is 10.3. The second-order valence-corrected chi connectivity index (χ2v) is 3.95. The van der Waals surface area contributed by atoms with Gasteiger partial charge in [0.1, 0.15) is 0 Å². The quantitative estimate of drug-likeness (QED) is 0.615. The Bertz CT molecular complexity index is 488. The van der Waals surface area contributed by atoms with E-state index in [1.54, 1.807) is 0 Å². The Labute approximate surface area is 129 Å². The van der Waals surface area contributed by atoms with Gasteiger partial charge in [-0.25, -0.2) is 0 Å².